The van der Waals surface area contributed by atoms with Crippen LogP contribution in [0, 0.1) is 5.41 Å². The fourth-order valence-corrected chi connectivity index (χ4v) is 3.41. The molecule has 0 aliphatic rings. The van der Waals surface area contributed by atoms with E-state index in [2.05, 4.69) is 42.2 Å². The number of carbonyl (C=O) groups excluding carboxylic acids is 1. The number of aromatic amines is 1. The third kappa shape index (κ3) is 4.31. The van der Waals surface area contributed by atoms with Crippen LogP contribution in [-0.4, -0.2) is 22.2 Å². The quantitative estimate of drug-likeness (QED) is 0.456. The van der Waals surface area contributed by atoms with Crippen molar-refractivity contribution in [3.8, 4) is 0 Å². The van der Waals surface area contributed by atoms with E-state index in [0.29, 0.717) is 24.5 Å². The van der Waals surface area contributed by atoms with E-state index in [9.17, 15) is 4.79 Å². The summed E-state index contributed by atoms with van der Waals surface area (Å²) in [5, 5.41) is 16.1. The maximum absolute atomic E-state index is 11.5. The van der Waals surface area contributed by atoms with E-state index in [1.165, 1.54) is 31.2 Å². The Labute approximate surface area is 144 Å². The van der Waals surface area contributed by atoms with Crippen molar-refractivity contribution in [3.63, 3.8) is 0 Å². The minimum atomic E-state index is -0.219. The molecule has 1 aromatic heterocycles. The first-order valence-corrected chi connectivity index (χ1v) is 9.07. The van der Waals surface area contributed by atoms with Crippen LogP contribution >= 0.6 is 0 Å². The number of H-pyrrole nitrogens is 1. The zero-order chi connectivity index (χ0) is 17.5. The first kappa shape index (κ1) is 18.4. The monoisotopic (exact) mass is 327 g/mol. The Morgan fingerprint density at radius 3 is 2.54 bits per heavy atom. The molecule has 0 fully saturated rings. The third-order valence-corrected chi connectivity index (χ3v) is 4.72. The number of fused-ring (bicyclic) bond motifs is 1. The molecule has 0 amide bonds. The summed E-state index contributed by atoms with van der Waals surface area (Å²) in [5.74, 6) is 0.371. The predicted octanol–water partition coefficient (Wildman–Crippen LogP) is 5.35. The van der Waals surface area contributed by atoms with Gasteiger partial charge in [-0.3, -0.25) is 5.10 Å². The smallest absolute Gasteiger partial charge is 0.129 e. The molecule has 0 aliphatic heterocycles. The van der Waals surface area contributed by atoms with E-state index in [0.717, 1.165) is 22.9 Å². The van der Waals surface area contributed by atoms with Crippen LogP contribution in [0.1, 0.15) is 82.4 Å². The van der Waals surface area contributed by atoms with Crippen LogP contribution < -0.4 is 0 Å². The van der Waals surface area contributed by atoms with Crippen LogP contribution in [0.4, 0.5) is 0 Å². The largest absolute Gasteiger partial charge is 0.310 e. The van der Waals surface area contributed by atoms with Crippen LogP contribution in [-0.2, 0) is 4.79 Å². The highest BCUT2D eigenvalue weighted by Crippen LogP contribution is 2.31. The first-order valence-electron chi connectivity index (χ1n) is 9.07. The second-order valence-corrected chi connectivity index (χ2v) is 6.75. The summed E-state index contributed by atoms with van der Waals surface area (Å²) >= 11 is 0. The van der Waals surface area contributed by atoms with Crippen molar-refractivity contribution in [1.29, 1.82) is 5.41 Å². The van der Waals surface area contributed by atoms with Crippen LogP contribution in [0.2, 0.25) is 0 Å². The standard InChI is InChI=1S/C20H29N3O/c1-4-6-15(7-5-2)16-10-11-18-19(12-16)22-23-20(18)17(13-24)9-8-14(3)21/h10-13,15,17,21H,4-9H2,1-3H3,(H,22,23). The van der Waals surface area contributed by atoms with Gasteiger partial charge < -0.3 is 10.2 Å². The second kappa shape index (κ2) is 8.76. The van der Waals surface area contributed by atoms with Gasteiger partial charge in [-0.2, -0.15) is 5.10 Å². The molecule has 2 N–H and O–H groups in total. The van der Waals surface area contributed by atoms with Gasteiger partial charge in [-0.25, -0.2) is 0 Å². The zero-order valence-electron chi connectivity index (χ0n) is 15.1. The molecule has 0 radical (unpaired) electrons. The van der Waals surface area contributed by atoms with E-state index in [1.54, 1.807) is 6.92 Å². The molecule has 1 aromatic carbocycles. The van der Waals surface area contributed by atoms with Crippen LogP contribution in [0.5, 0.6) is 0 Å². The number of carbonyl (C=O) groups is 1. The summed E-state index contributed by atoms with van der Waals surface area (Å²) in [7, 11) is 0. The van der Waals surface area contributed by atoms with Gasteiger partial charge in [0.05, 0.1) is 17.1 Å². The topological polar surface area (TPSA) is 69.6 Å². The molecular weight excluding hydrogens is 298 g/mol. The number of nitrogens with one attached hydrogen (secondary N) is 2. The lowest BCUT2D eigenvalue weighted by Gasteiger charge is -2.16. The van der Waals surface area contributed by atoms with Gasteiger partial charge in [0, 0.05) is 11.1 Å². The van der Waals surface area contributed by atoms with E-state index in [-0.39, 0.29) is 5.92 Å². The molecule has 1 heterocycles. The lowest BCUT2D eigenvalue weighted by Crippen LogP contribution is -2.04. The average molecular weight is 327 g/mol. The minimum Gasteiger partial charge on any atom is -0.310 e. The molecule has 1 atom stereocenters. The number of aldehydes is 1. The van der Waals surface area contributed by atoms with Gasteiger partial charge >= 0.3 is 0 Å². The second-order valence-electron chi connectivity index (χ2n) is 6.75. The highest BCUT2D eigenvalue weighted by molar-refractivity contribution is 5.86. The Hall–Kier alpha value is -1.97. The average Bonchev–Trinajstić information content (AvgIpc) is 2.98. The summed E-state index contributed by atoms with van der Waals surface area (Å²) in [6.45, 7) is 6.24. The predicted molar refractivity (Wildman–Crippen MR) is 100 cm³/mol. The highest BCUT2D eigenvalue weighted by atomic mass is 16.1. The summed E-state index contributed by atoms with van der Waals surface area (Å²) in [5.41, 5.74) is 3.78. The van der Waals surface area contributed by atoms with Crippen LogP contribution in [0.3, 0.4) is 0 Å². The maximum Gasteiger partial charge on any atom is 0.129 e. The van der Waals surface area contributed by atoms with Crippen molar-refractivity contribution in [2.24, 2.45) is 0 Å². The first-order chi connectivity index (χ1) is 11.6. The number of hydrogen-bond donors (Lipinski definition) is 2. The van der Waals surface area contributed by atoms with Crippen LogP contribution in [0.15, 0.2) is 18.2 Å². The maximum atomic E-state index is 11.5. The molecule has 2 aromatic rings. The molecule has 0 saturated carbocycles. The van der Waals surface area contributed by atoms with E-state index in [4.69, 9.17) is 5.41 Å². The molecule has 0 bridgehead atoms. The molecule has 0 spiro atoms. The van der Waals surface area contributed by atoms with E-state index >= 15 is 0 Å². The molecule has 130 valence electrons. The van der Waals surface area contributed by atoms with Crippen molar-refractivity contribution >= 4 is 22.9 Å². The summed E-state index contributed by atoms with van der Waals surface area (Å²) in [6.07, 6.45) is 7.04. The number of hydrogen-bond acceptors (Lipinski definition) is 3. The van der Waals surface area contributed by atoms with Crippen LogP contribution in [0.25, 0.3) is 10.9 Å². The molecular formula is C20H29N3O. The summed E-state index contributed by atoms with van der Waals surface area (Å²) in [4.78, 5) is 11.5. The SMILES string of the molecule is CCCC(CCC)c1ccc2c(C(C=O)CCC(C)=N)[nH]nc2c1. The Morgan fingerprint density at radius 2 is 1.96 bits per heavy atom. The zero-order valence-corrected chi connectivity index (χ0v) is 15.1. The van der Waals surface area contributed by atoms with E-state index in [1.807, 2.05) is 0 Å². The van der Waals surface area contributed by atoms with Gasteiger partial charge in [0.25, 0.3) is 0 Å². The van der Waals surface area contributed by atoms with E-state index < -0.39 is 0 Å². The highest BCUT2D eigenvalue weighted by Gasteiger charge is 2.18. The number of aromatic nitrogens is 2. The van der Waals surface area contributed by atoms with Gasteiger partial charge in [-0.15, -0.1) is 0 Å². The van der Waals surface area contributed by atoms with Gasteiger partial charge in [0.15, 0.2) is 0 Å². The van der Waals surface area contributed by atoms with Gasteiger partial charge in [0.1, 0.15) is 6.29 Å². The number of benzene rings is 1. The lowest BCUT2D eigenvalue weighted by atomic mass is 9.89. The minimum absolute atomic E-state index is 0.219. The summed E-state index contributed by atoms with van der Waals surface area (Å²) in [6, 6.07) is 6.48. The molecule has 2 rings (SSSR count). The Bertz CT molecular complexity index is 683. The fourth-order valence-electron chi connectivity index (χ4n) is 3.41. The van der Waals surface area contributed by atoms with Crippen molar-refractivity contribution < 1.29 is 4.79 Å². The fraction of sp³-hybridized carbons (Fsp3) is 0.550. The van der Waals surface area contributed by atoms with Crippen molar-refractivity contribution in [2.45, 2.75) is 71.1 Å². The van der Waals surface area contributed by atoms with Crippen molar-refractivity contribution in [3.05, 3.63) is 29.5 Å². The Kier molecular flexibility index (Phi) is 6.71. The molecule has 24 heavy (non-hydrogen) atoms. The van der Waals surface area contributed by atoms with Gasteiger partial charge in [0.2, 0.25) is 0 Å². The summed E-state index contributed by atoms with van der Waals surface area (Å²) < 4.78 is 0. The molecule has 4 heteroatoms. The molecule has 4 nitrogen and oxygen atoms in total. The third-order valence-electron chi connectivity index (χ3n) is 4.72. The van der Waals surface area contributed by atoms with Gasteiger partial charge in [-0.05, 0) is 50.2 Å². The van der Waals surface area contributed by atoms with Crippen molar-refractivity contribution in [2.75, 3.05) is 0 Å². The Balaban J connectivity index is 2.29. The molecule has 0 aliphatic carbocycles. The van der Waals surface area contributed by atoms with Gasteiger partial charge in [-0.1, -0.05) is 38.8 Å². The Morgan fingerprint density at radius 1 is 1.25 bits per heavy atom. The van der Waals surface area contributed by atoms with Crippen molar-refractivity contribution in [1.82, 2.24) is 10.2 Å². The molecule has 1 unspecified atom stereocenters. The number of rotatable bonds is 10. The molecule has 0 saturated heterocycles. The number of nitrogens with zero attached hydrogens (tertiary/aromatic N) is 1. The lowest BCUT2D eigenvalue weighted by molar-refractivity contribution is -0.109. The normalized spacial score (nSPS) is 12.7.